The minimum Gasteiger partial charge on any atom is -0.394 e. The van der Waals surface area contributed by atoms with Crippen molar-refractivity contribution in [3.8, 4) is 0 Å². The number of fused-ring (bicyclic) bond motifs is 1. The molecule has 0 saturated carbocycles. The molecule has 3 heteroatoms. The van der Waals surface area contributed by atoms with Crippen LogP contribution in [0.15, 0.2) is 11.1 Å². The van der Waals surface area contributed by atoms with Crippen molar-refractivity contribution in [1.82, 2.24) is 5.32 Å². The maximum Gasteiger partial charge on any atom is 0.0634 e. The second kappa shape index (κ2) is 2.42. The van der Waals surface area contributed by atoms with Crippen LogP contribution in [0.3, 0.4) is 0 Å². The van der Waals surface area contributed by atoms with Crippen LogP contribution in [0.25, 0.3) is 0 Å². The monoisotopic (exact) mass is 170 g/mol. The second-order valence-corrected chi connectivity index (χ2v) is 4.74. The van der Waals surface area contributed by atoms with Crippen LogP contribution in [0.1, 0.15) is 13.8 Å². The highest BCUT2D eigenvalue weighted by atomic mass is 32.2. The first-order valence-electron chi connectivity index (χ1n) is 4.08. The SMILES string of the molecule is CC1NC2C=C(N)SC2C1C. The van der Waals surface area contributed by atoms with Gasteiger partial charge in [-0.3, -0.25) is 0 Å². The number of hydrogen-bond acceptors (Lipinski definition) is 3. The van der Waals surface area contributed by atoms with Crippen LogP contribution in [-0.4, -0.2) is 17.3 Å². The molecule has 0 bridgehead atoms. The van der Waals surface area contributed by atoms with Gasteiger partial charge in [-0.05, 0) is 18.9 Å². The van der Waals surface area contributed by atoms with Gasteiger partial charge in [0.1, 0.15) is 0 Å². The summed E-state index contributed by atoms with van der Waals surface area (Å²) in [7, 11) is 0. The lowest BCUT2D eigenvalue weighted by Gasteiger charge is -2.13. The summed E-state index contributed by atoms with van der Waals surface area (Å²) in [5, 5.41) is 5.20. The van der Waals surface area contributed by atoms with Gasteiger partial charge >= 0.3 is 0 Å². The Bertz CT molecular complexity index is 202. The van der Waals surface area contributed by atoms with Crippen LogP contribution in [0, 0.1) is 5.92 Å². The highest BCUT2D eigenvalue weighted by molar-refractivity contribution is 8.03. The first-order chi connectivity index (χ1) is 5.18. The molecule has 0 aromatic carbocycles. The molecule has 0 amide bonds. The van der Waals surface area contributed by atoms with Gasteiger partial charge in [0.05, 0.1) is 5.03 Å². The molecule has 11 heavy (non-hydrogen) atoms. The van der Waals surface area contributed by atoms with E-state index in [0.717, 1.165) is 10.9 Å². The Balaban J connectivity index is 2.15. The van der Waals surface area contributed by atoms with Gasteiger partial charge in [0.2, 0.25) is 0 Å². The predicted octanol–water partition coefficient (Wildman–Crippen LogP) is 0.898. The second-order valence-electron chi connectivity index (χ2n) is 3.49. The van der Waals surface area contributed by atoms with Gasteiger partial charge in [0.25, 0.3) is 0 Å². The quantitative estimate of drug-likeness (QED) is 0.567. The van der Waals surface area contributed by atoms with Crippen LogP contribution in [0.4, 0.5) is 0 Å². The van der Waals surface area contributed by atoms with Gasteiger partial charge in [-0.2, -0.15) is 0 Å². The van der Waals surface area contributed by atoms with Gasteiger partial charge in [0.15, 0.2) is 0 Å². The van der Waals surface area contributed by atoms with Gasteiger partial charge in [-0.1, -0.05) is 6.92 Å². The van der Waals surface area contributed by atoms with E-state index >= 15 is 0 Å². The molecule has 1 fully saturated rings. The summed E-state index contributed by atoms with van der Waals surface area (Å²) < 4.78 is 0. The summed E-state index contributed by atoms with van der Waals surface area (Å²) in [6, 6.07) is 1.17. The minimum absolute atomic E-state index is 0.532. The van der Waals surface area contributed by atoms with E-state index in [1.165, 1.54) is 0 Å². The molecule has 0 aromatic heterocycles. The predicted molar refractivity (Wildman–Crippen MR) is 49.2 cm³/mol. The van der Waals surface area contributed by atoms with E-state index in [0.29, 0.717) is 17.3 Å². The summed E-state index contributed by atoms with van der Waals surface area (Å²) in [5.41, 5.74) is 5.72. The fourth-order valence-electron chi connectivity index (χ4n) is 1.86. The summed E-state index contributed by atoms with van der Waals surface area (Å²) in [6.45, 7) is 4.54. The molecule has 2 heterocycles. The number of hydrogen-bond donors (Lipinski definition) is 2. The molecule has 2 nitrogen and oxygen atoms in total. The third kappa shape index (κ3) is 1.07. The molecular formula is C8H14N2S. The fourth-order valence-corrected chi connectivity index (χ4v) is 3.15. The third-order valence-corrected chi connectivity index (χ3v) is 4.14. The maximum atomic E-state index is 5.72. The normalized spacial score (nSPS) is 49.1. The molecule has 2 rings (SSSR count). The molecule has 1 saturated heterocycles. The first-order valence-corrected chi connectivity index (χ1v) is 4.96. The molecule has 4 atom stereocenters. The zero-order valence-corrected chi connectivity index (χ0v) is 7.69. The largest absolute Gasteiger partial charge is 0.394 e. The van der Waals surface area contributed by atoms with Crippen LogP contribution >= 0.6 is 11.8 Å². The Kier molecular flexibility index (Phi) is 1.65. The van der Waals surface area contributed by atoms with E-state index in [1.807, 2.05) is 11.8 Å². The summed E-state index contributed by atoms with van der Waals surface area (Å²) >= 11 is 1.82. The van der Waals surface area contributed by atoms with Crippen molar-refractivity contribution in [3.05, 3.63) is 11.1 Å². The zero-order valence-electron chi connectivity index (χ0n) is 6.87. The van der Waals surface area contributed by atoms with Crippen LogP contribution < -0.4 is 11.1 Å². The smallest absolute Gasteiger partial charge is 0.0634 e. The molecule has 3 N–H and O–H groups in total. The Morgan fingerprint density at radius 2 is 2.27 bits per heavy atom. The van der Waals surface area contributed by atoms with Crippen molar-refractivity contribution >= 4 is 11.8 Å². The van der Waals surface area contributed by atoms with Gasteiger partial charge in [0, 0.05) is 17.3 Å². The maximum absolute atomic E-state index is 5.72. The topological polar surface area (TPSA) is 38.0 Å². The summed E-state index contributed by atoms with van der Waals surface area (Å²) in [5.74, 6) is 0.738. The number of nitrogens with two attached hydrogens (primary N) is 1. The van der Waals surface area contributed by atoms with Crippen molar-refractivity contribution < 1.29 is 0 Å². The van der Waals surface area contributed by atoms with Crippen molar-refractivity contribution in [2.24, 2.45) is 11.7 Å². The third-order valence-electron chi connectivity index (χ3n) is 2.73. The minimum atomic E-state index is 0.532. The van der Waals surface area contributed by atoms with Crippen LogP contribution in [0.5, 0.6) is 0 Å². The zero-order chi connectivity index (χ0) is 8.01. The number of rotatable bonds is 0. The van der Waals surface area contributed by atoms with E-state index in [9.17, 15) is 0 Å². The van der Waals surface area contributed by atoms with Gasteiger partial charge < -0.3 is 11.1 Å². The molecule has 2 aliphatic rings. The Morgan fingerprint density at radius 3 is 2.91 bits per heavy atom. The fraction of sp³-hybridized carbons (Fsp3) is 0.750. The highest BCUT2D eigenvalue weighted by Gasteiger charge is 2.40. The Labute approximate surface area is 71.6 Å². The lowest BCUT2D eigenvalue weighted by Crippen LogP contribution is -2.27. The van der Waals surface area contributed by atoms with Gasteiger partial charge in [-0.25, -0.2) is 0 Å². The van der Waals surface area contributed by atoms with Crippen molar-refractivity contribution in [2.45, 2.75) is 31.2 Å². The van der Waals surface area contributed by atoms with Crippen molar-refractivity contribution in [3.63, 3.8) is 0 Å². The van der Waals surface area contributed by atoms with E-state index < -0.39 is 0 Å². The molecule has 0 aromatic rings. The van der Waals surface area contributed by atoms with Crippen LogP contribution in [-0.2, 0) is 0 Å². The molecule has 4 unspecified atom stereocenters. The first kappa shape index (κ1) is 7.50. The number of nitrogens with one attached hydrogen (secondary N) is 1. The lowest BCUT2D eigenvalue weighted by atomic mass is 10.0. The standard InChI is InChI=1S/C8H14N2S/c1-4-5(2)10-6-3-7(9)11-8(4)6/h3-6,8,10H,9H2,1-2H3. The Hall–Kier alpha value is -0.150. The van der Waals surface area contributed by atoms with E-state index in [-0.39, 0.29) is 0 Å². The summed E-state index contributed by atoms with van der Waals surface area (Å²) in [6.07, 6.45) is 2.15. The average Bonchev–Trinajstić information content (AvgIpc) is 2.37. The molecule has 2 aliphatic heterocycles. The van der Waals surface area contributed by atoms with E-state index in [2.05, 4.69) is 25.2 Å². The average molecular weight is 170 g/mol. The van der Waals surface area contributed by atoms with Crippen molar-refractivity contribution in [1.29, 1.82) is 0 Å². The highest BCUT2D eigenvalue weighted by Crippen LogP contribution is 2.39. The van der Waals surface area contributed by atoms with Crippen molar-refractivity contribution in [2.75, 3.05) is 0 Å². The van der Waals surface area contributed by atoms with E-state index in [4.69, 9.17) is 5.73 Å². The van der Waals surface area contributed by atoms with Gasteiger partial charge in [-0.15, -0.1) is 11.8 Å². The van der Waals surface area contributed by atoms with E-state index in [1.54, 1.807) is 0 Å². The molecule has 0 spiro atoms. The number of thioether (sulfide) groups is 1. The molecule has 62 valence electrons. The van der Waals surface area contributed by atoms with Crippen LogP contribution in [0.2, 0.25) is 0 Å². The molecule has 0 radical (unpaired) electrons. The summed E-state index contributed by atoms with van der Waals surface area (Å²) in [4.78, 5) is 0. The lowest BCUT2D eigenvalue weighted by molar-refractivity contribution is 0.522. The Morgan fingerprint density at radius 1 is 1.55 bits per heavy atom. The molecule has 0 aliphatic carbocycles. The molecular weight excluding hydrogens is 156 g/mol.